The molecule has 5 rings (SSSR count). The molecule has 0 fully saturated rings. The molecule has 2 aromatic carbocycles. The minimum absolute atomic E-state index is 0.189. The van der Waals surface area contributed by atoms with Gasteiger partial charge in [0.1, 0.15) is 17.6 Å². The summed E-state index contributed by atoms with van der Waals surface area (Å²) < 4.78 is 12.4. The van der Waals surface area contributed by atoms with Crippen LogP contribution in [-0.4, -0.2) is 22.5 Å². The fourth-order valence-electron chi connectivity index (χ4n) is 4.88. The van der Waals surface area contributed by atoms with E-state index in [9.17, 15) is 0 Å². The van der Waals surface area contributed by atoms with Gasteiger partial charge in [0.15, 0.2) is 0 Å². The lowest BCUT2D eigenvalue weighted by atomic mass is 9.94. The molecule has 164 valence electrons. The van der Waals surface area contributed by atoms with Crippen LogP contribution in [0.1, 0.15) is 43.1 Å². The number of benzene rings is 2. The van der Waals surface area contributed by atoms with Crippen LogP contribution in [0.15, 0.2) is 73.6 Å². The molecule has 1 aromatic heterocycles. The van der Waals surface area contributed by atoms with Crippen molar-refractivity contribution in [1.29, 1.82) is 0 Å². The molecule has 0 saturated carbocycles. The number of hydrogen-bond donors (Lipinski definition) is 0. The molecule has 0 N–H and O–H groups in total. The summed E-state index contributed by atoms with van der Waals surface area (Å²) in [4.78, 5) is 6.81. The molecule has 3 aromatic rings. The van der Waals surface area contributed by atoms with E-state index >= 15 is 0 Å². The van der Waals surface area contributed by atoms with Crippen molar-refractivity contribution in [3.05, 3.63) is 90.3 Å². The van der Waals surface area contributed by atoms with E-state index in [0.717, 1.165) is 47.7 Å². The molecule has 0 aliphatic carbocycles. The van der Waals surface area contributed by atoms with Gasteiger partial charge < -0.3 is 9.47 Å². The Bertz CT molecular complexity index is 1100. The molecule has 32 heavy (non-hydrogen) atoms. The van der Waals surface area contributed by atoms with Gasteiger partial charge in [0.2, 0.25) is 0 Å². The quantitative estimate of drug-likeness (QED) is 0.423. The van der Waals surface area contributed by atoms with Gasteiger partial charge in [-0.15, -0.1) is 0 Å². The number of rotatable bonds is 7. The molecular weight excluding hydrogens is 396 g/mol. The summed E-state index contributed by atoms with van der Waals surface area (Å²) in [6, 6.07) is 17.4. The summed E-state index contributed by atoms with van der Waals surface area (Å²) in [6.45, 7) is 11.3. The van der Waals surface area contributed by atoms with Crippen LogP contribution in [0.4, 0.5) is 0 Å². The van der Waals surface area contributed by atoms with E-state index in [4.69, 9.17) is 9.47 Å². The summed E-state index contributed by atoms with van der Waals surface area (Å²) in [5.41, 5.74) is 6.20. The number of ether oxygens (including phenoxy) is 2. The molecule has 2 aliphatic rings. The first-order valence-corrected chi connectivity index (χ1v) is 11.4. The summed E-state index contributed by atoms with van der Waals surface area (Å²) in [6.07, 6.45) is 6.41. The summed E-state index contributed by atoms with van der Waals surface area (Å²) in [5, 5.41) is 0. The van der Waals surface area contributed by atoms with E-state index in [1.54, 1.807) is 0 Å². The average Bonchev–Trinajstić information content (AvgIpc) is 3.26. The molecule has 0 spiro atoms. The van der Waals surface area contributed by atoms with Crippen molar-refractivity contribution < 1.29 is 9.47 Å². The van der Waals surface area contributed by atoms with Crippen molar-refractivity contribution in [2.45, 2.75) is 45.5 Å². The zero-order valence-corrected chi connectivity index (χ0v) is 18.8. The van der Waals surface area contributed by atoms with Crippen LogP contribution in [0.3, 0.4) is 0 Å². The summed E-state index contributed by atoms with van der Waals surface area (Å²) in [7, 11) is 0. The highest BCUT2D eigenvalue weighted by Gasteiger charge is 2.26. The lowest BCUT2D eigenvalue weighted by Crippen LogP contribution is -2.30. The smallest absolute Gasteiger partial charge is 0.144 e. The summed E-state index contributed by atoms with van der Waals surface area (Å²) in [5.74, 6) is 2.14. The maximum atomic E-state index is 6.18. The highest BCUT2D eigenvalue weighted by molar-refractivity contribution is 5.76. The zero-order chi connectivity index (χ0) is 22.1. The summed E-state index contributed by atoms with van der Waals surface area (Å²) >= 11 is 0. The lowest BCUT2D eigenvalue weighted by Gasteiger charge is -2.27. The Morgan fingerprint density at radius 1 is 1.12 bits per heavy atom. The average molecular weight is 427 g/mol. The Balaban J connectivity index is 1.20. The molecule has 0 amide bonds. The van der Waals surface area contributed by atoms with Crippen LogP contribution in [0.5, 0.6) is 11.5 Å². The normalized spacial score (nSPS) is 18.6. The second-order valence-electron chi connectivity index (χ2n) is 9.07. The third-order valence-electron chi connectivity index (χ3n) is 6.64. The largest absolute Gasteiger partial charge is 0.493 e. The van der Waals surface area contributed by atoms with Gasteiger partial charge in [0.25, 0.3) is 0 Å². The molecule has 4 heteroatoms. The van der Waals surface area contributed by atoms with E-state index in [1.807, 2.05) is 36.7 Å². The Hall–Kier alpha value is -3.11. The highest BCUT2D eigenvalue weighted by Crippen LogP contribution is 2.43. The van der Waals surface area contributed by atoms with Crippen molar-refractivity contribution in [3.8, 4) is 22.6 Å². The second-order valence-corrected chi connectivity index (χ2v) is 9.07. The molecule has 0 radical (unpaired) electrons. The fourth-order valence-corrected chi connectivity index (χ4v) is 4.88. The van der Waals surface area contributed by atoms with Gasteiger partial charge in [-0.3, -0.25) is 9.88 Å². The highest BCUT2D eigenvalue weighted by atomic mass is 16.5. The van der Waals surface area contributed by atoms with Gasteiger partial charge in [-0.05, 0) is 60.2 Å². The Morgan fingerprint density at radius 3 is 2.66 bits per heavy atom. The predicted molar refractivity (Wildman–Crippen MR) is 128 cm³/mol. The van der Waals surface area contributed by atoms with Crippen LogP contribution in [0, 0.1) is 5.92 Å². The van der Waals surface area contributed by atoms with Crippen LogP contribution < -0.4 is 9.47 Å². The first-order chi connectivity index (χ1) is 15.6. The number of aromatic nitrogens is 1. The van der Waals surface area contributed by atoms with Crippen molar-refractivity contribution in [2.24, 2.45) is 5.92 Å². The molecule has 2 aliphatic heterocycles. The number of pyridine rings is 1. The van der Waals surface area contributed by atoms with Gasteiger partial charge in [0, 0.05) is 48.7 Å². The minimum atomic E-state index is -0.189. The number of nitrogens with zero attached hydrogens (tertiary/aromatic N) is 2. The Kier molecular flexibility index (Phi) is 5.71. The molecule has 3 atom stereocenters. The standard InChI is InChI=1S/C28H30N2O2/c1-4-27-26-15-29-12-11-24(26)25-10-9-23(14-28(25)32-27)31-18-19(2)13-20(3)30-16-21-7-5-6-8-22(21)17-30/h4-12,14-15,19-20,27H,1,13,16-18H2,2-3H3/t19?,20-,27?/m0/s1. The van der Waals surface area contributed by atoms with Crippen LogP contribution in [0.25, 0.3) is 11.1 Å². The molecule has 0 saturated heterocycles. The van der Waals surface area contributed by atoms with E-state index in [1.165, 1.54) is 11.1 Å². The maximum absolute atomic E-state index is 6.18. The topological polar surface area (TPSA) is 34.6 Å². The molecule has 2 unspecified atom stereocenters. The van der Waals surface area contributed by atoms with E-state index < -0.39 is 0 Å². The van der Waals surface area contributed by atoms with E-state index in [2.05, 4.69) is 60.6 Å². The van der Waals surface area contributed by atoms with Gasteiger partial charge in [0.05, 0.1) is 6.61 Å². The van der Waals surface area contributed by atoms with Gasteiger partial charge >= 0.3 is 0 Å². The Morgan fingerprint density at radius 2 is 1.91 bits per heavy atom. The van der Waals surface area contributed by atoms with Gasteiger partial charge in [-0.25, -0.2) is 0 Å². The van der Waals surface area contributed by atoms with Crippen LogP contribution in [0.2, 0.25) is 0 Å². The molecule has 4 nitrogen and oxygen atoms in total. The maximum Gasteiger partial charge on any atom is 0.144 e. The zero-order valence-electron chi connectivity index (χ0n) is 18.8. The monoisotopic (exact) mass is 426 g/mol. The number of fused-ring (bicyclic) bond motifs is 4. The fraction of sp³-hybridized carbons (Fsp3) is 0.321. The van der Waals surface area contributed by atoms with E-state index in [0.29, 0.717) is 18.6 Å². The molecular formula is C28H30N2O2. The second kappa shape index (κ2) is 8.79. The van der Waals surface area contributed by atoms with Gasteiger partial charge in [-0.1, -0.05) is 37.8 Å². The van der Waals surface area contributed by atoms with Crippen molar-refractivity contribution >= 4 is 0 Å². The third kappa shape index (κ3) is 4.03. The predicted octanol–water partition coefficient (Wildman–Crippen LogP) is 6.18. The van der Waals surface area contributed by atoms with Crippen molar-refractivity contribution in [2.75, 3.05) is 6.61 Å². The van der Waals surface area contributed by atoms with Crippen molar-refractivity contribution in [3.63, 3.8) is 0 Å². The molecule has 3 heterocycles. The van der Waals surface area contributed by atoms with E-state index in [-0.39, 0.29) is 6.10 Å². The first-order valence-electron chi connectivity index (χ1n) is 11.4. The lowest BCUT2D eigenvalue weighted by molar-refractivity contribution is 0.161. The Labute approximate surface area is 190 Å². The number of hydrogen-bond acceptors (Lipinski definition) is 4. The SMILES string of the molecule is C=CC1Oc2cc(OCC(C)C[C@H](C)N3Cc4ccccc4C3)ccc2-c2ccncc21. The van der Waals surface area contributed by atoms with Gasteiger partial charge in [-0.2, -0.15) is 0 Å². The molecule has 0 bridgehead atoms. The first kappa shape index (κ1) is 20.8. The minimum Gasteiger partial charge on any atom is -0.493 e. The third-order valence-corrected chi connectivity index (χ3v) is 6.64. The van der Waals surface area contributed by atoms with Crippen molar-refractivity contribution in [1.82, 2.24) is 9.88 Å². The van der Waals surface area contributed by atoms with Crippen LogP contribution in [-0.2, 0) is 13.1 Å². The van der Waals surface area contributed by atoms with Crippen LogP contribution >= 0.6 is 0 Å².